The molecule has 20 heavy (non-hydrogen) atoms. The van der Waals surface area contributed by atoms with Crippen molar-refractivity contribution < 1.29 is 4.74 Å². The van der Waals surface area contributed by atoms with Crippen molar-refractivity contribution in [3.8, 4) is 5.75 Å². The Hall–Kier alpha value is -1.46. The molecule has 2 rings (SSSR count). The molecule has 0 spiro atoms. The third kappa shape index (κ3) is 3.55. The van der Waals surface area contributed by atoms with Crippen molar-refractivity contribution in [1.29, 1.82) is 0 Å². The van der Waals surface area contributed by atoms with Crippen molar-refractivity contribution in [3.05, 3.63) is 40.1 Å². The SMILES string of the molecule is CCCNC(c1cncc(OCC)c1)c1scnc1C. The van der Waals surface area contributed by atoms with E-state index in [1.165, 1.54) is 4.88 Å². The topological polar surface area (TPSA) is 47.0 Å². The van der Waals surface area contributed by atoms with Gasteiger partial charge in [0, 0.05) is 11.1 Å². The van der Waals surface area contributed by atoms with Crippen molar-refractivity contribution in [3.63, 3.8) is 0 Å². The lowest BCUT2D eigenvalue weighted by atomic mass is 10.1. The molecule has 2 heterocycles. The van der Waals surface area contributed by atoms with E-state index >= 15 is 0 Å². The summed E-state index contributed by atoms with van der Waals surface area (Å²) in [6, 6.07) is 2.19. The van der Waals surface area contributed by atoms with Crippen molar-refractivity contribution in [2.45, 2.75) is 33.2 Å². The fourth-order valence-electron chi connectivity index (χ4n) is 2.08. The average molecular weight is 291 g/mol. The molecule has 0 fully saturated rings. The van der Waals surface area contributed by atoms with Gasteiger partial charge < -0.3 is 10.1 Å². The monoisotopic (exact) mass is 291 g/mol. The highest BCUT2D eigenvalue weighted by Gasteiger charge is 2.18. The highest BCUT2D eigenvalue weighted by molar-refractivity contribution is 7.09. The van der Waals surface area contributed by atoms with Gasteiger partial charge in [-0.3, -0.25) is 4.98 Å². The number of pyridine rings is 1. The van der Waals surface area contributed by atoms with Gasteiger partial charge in [0.2, 0.25) is 0 Å². The molecule has 0 aromatic carbocycles. The Morgan fingerprint density at radius 3 is 2.85 bits per heavy atom. The number of thiazole rings is 1. The van der Waals surface area contributed by atoms with Crippen LogP contribution in [-0.2, 0) is 0 Å². The van der Waals surface area contributed by atoms with Gasteiger partial charge in [-0.15, -0.1) is 11.3 Å². The molecule has 2 aromatic heterocycles. The quantitative estimate of drug-likeness (QED) is 0.850. The fourth-order valence-corrected chi connectivity index (χ4v) is 2.98. The first kappa shape index (κ1) is 14.9. The number of rotatable bonds is 7. The number of aryl methyl sites for hydroxylation is 1. The normalized spacial score (nSPS) is 12.3. The van der Waals surface area contributed by atoms with E-state index < -0.39 is 0 Å². The standard InChI is InChI=1S/C15H21N3OS/c1-4-6-17-14(15-11(3)18-10-20-15)12-7-13(19-5-2)9-16-8-12/h7-10,14,17H,4-6H2,1-3H3. The lowest BCUT2D eigenvalue weighted by Gasteiger charge is -2.18. The molecule has 1 unspecified atom stereocenters. The molecule has 5 heteroatoms. The number of ether oxygens (including phenoxy) is 1. The van der Waals surface area contributed by atoms with E-state index in [0.717, 1.165) is 30.0 Å². The molecule has 0 aliphatic carbocycles. The largest absolute Gasteiger partial charge is 0.492 e. The summed E-state index contributed by atoms with van der Waals surface area (Å²) in [6.45, 7) is 7.80. The van der Waals surface area contributed by atoms with Gasteiger partial charge in [-0.2, -0.15) is 0 Å². The molecule has 0 saturated carbocycles. The summed E-state index contributed by atoms with van der Waals surface area (Å²) in [4.78, 5) is 9.89. The summed E-state index contributed by atoms with van der Waals surface area (Å²) in [6.07, 6.45) is 4.74. The average Bonchev–Trinajstić information content (AvgIpc) is 2.87. The smallest absolute Gasteiger partial charge is 0.137 e. The second-order valence-electron chi connectivity index (χ2n) is 4.58. The van der Waals surface area contributed by atoms with Gasteiger partial charge in [-0.25, -0.2) is 4.98 Å². The molecule has 108 valence electrons. The van der Waals surface area contributed by atoms with Crippen LogP contribution in [0.2, 0.25) is 0 Å². The highest BCUT2D eigenvalue weighted by atomic mass is 32.1. The number of hydrogen-bond donors (Lipinski definition) is 1. The van der Waals surface area contributed by atoms with E-state index in [1.54, 1.807) is 17.5 Å². The first-order chi connectivity index (χ1) is 9.76. The second kappa shape index (κ2) is 7.36. The van der Waals surface area contributed by atoms with E-state index in [2.05, 4.69) is 28.3 Å². The molecule has 4 nitrogen and oxygen atoms in total. The van der Waals surface area contributed by atoms with Crippen LogP contribution in [0.25, 0.3) is 0 Å². The van der Waals surface area contributed by atoms with Gasteiger partial charge in [0.25, 0.3) is 0 Å². The van der Waals surface area contributed by atoms with E-state index in [-0.39, 0.29) is 6.04 Å². The molecule has 0 bridgehead atoms. The van der Waals surface area contributed by atoms with Crippen molar-refractivity contribution in [2.24, 2.45) is 0 Å². The number of nitrogens with one attached hydrogen (secondary N) is 1. The Bertz CT molecular complexity index is 541. The molecular formula is C15H21N3OS. The van der Waals surface area contributed by atoms with Crippen molar-refractivity contribution in [1.82, 2.24) is 15.3 Å². The van der Waals surface area contributed by atoms with Crippen LogP contribution in [-0.4, -0.2) is 23.1 Å². The van der Waals surface area contributed by atoms with Crippen LogP contribution in [0.15, 0.2) is 24.0 Å². The first-order valence-corrected chi connectivity index (χ1v) is 7.85. The minimum absolute atomic E-state index is 0.135. The second-order valence-corrected chi connectivity index (χ2v) is 5.46. The summed E-state index contributed by atoms with van der Waals surface area (Å²) in [5, 5.41) is 3.57. The Morgan fingerprint density at radius 1 is 1.35 bits per heavy atom. The van der Waals surface area contributed by atoms with E-state index in [4.69, 9.17) is 4.74 Å². The molecule has 0 aliphatic rings. The molecule has 1 atom stereocenters. The number of hydrogen-bond acceptors (Lipinski definition) is 5. The predicted octanol–water partition coefficient (Wildman–Crippen LogP) is 3.33. The lowest BCUT2D eigenvalue weighted by molar-refractivity contribution is 0.338. The van der Waals surface area contributed by atoms with Gasteiger partial charge in [0.05, 0.1) is 30.1 Å². The zero-order chi connectivity index (χ0) is 14.4. The van der Waals surface area contributed by atoms with Crippen LogP contribution in [0.3, 0.4) is 0 Å². The summed E-state index contributed by atoms with van der Waals surface area (Å²) in [5.41, 5.74) is 4.09. The Balaban J connectivity index is 2.31. The van der Waals surface area contributed by atoms with Crippen LogP contribution in [0.1, 0.15) is 42.4 Å². The van der Waals surface area contributed by atoms with E-state index in [9.17, 15) is 0 Å². The summed E-state index contributed by atoms with van der Waals surface area (Å²) in [7, 11) is 0. The van der Waals surface area contributed by atoms with Crippen LogP contribution < -0.4 is 10.1 Å². The number of nitrogens with zero attached hydrogens (tertiary/aromatic N) is 2. The van der Waals surface area contributed by atoms with E-state index in [1.807, 2.05) is 25.6 Å². The maximum Gasteiger partial charge on any atom is 0.137 e. The van der Waals surface area contributed by atoms with Gasteiger partial charge >= 0.3 is 0 Å². The summed E-state index contributed by atoms with van der Waals surface area (Å²) < 4.78 is 5.55. The van der Waals surface area contributed by atoms with Crippen molar-refractivity contribution in [2.75, 3.05) is 13.2 Å². The lowest BCUT2D eigenvalue weighted by Crippen LogP contribution is -2.23. The summed E-state index contributed by atoms with van der Waals surface area (Å²) >= 11 is 1.68. The van der Waals surface area contributed by atoms with Gasteiger partial charge in [-0.1, -0.05) is 6.92 Å². The van der Waals surface area contributed by atoms with Crippen LogP contribution in [0, 0.1) is 6.92 Å². The van der Waals surface area contributed by atoms with Crippen molar-refractivity contribution >= 4 is 11.3 Å². The fraction of sp³-hybridized carbons (Fsp3) is 0.467. The molecule has 0 radical (unpaired) electrons. The van der Waals surface area contributed by atoms with Gasteiger partial charge in [0.15, 0.2) is 0 Å². The molecule has 0 amide bonds. The minimum Gasteiger partial charge on any atom is -0.492 e. The van der Waals surface area contributed by atoms with E-state index in [0.29, 0.717) is 6.61 Å². The van der Waals surface area contributed by atoms with Gasteiger partial charge in [0.1, 0.15) is 5.75 Å². The summed E-state index contributed by atoms with van der Waals surface area (Å²) in [5.74, 6) is 0.815. The molecule has 0 saturated heterocycles. The minimum atomic E-state index is 0.135. The molecule has 0 aliphatic heterocycles. The Kier molecular flexibility index (Phi) is 5.49. The maximum atomic E-state index is 5.55. The van der Waals surface area contributed by atoms with Crippen LogP contribution >= 0.6 is 11.3 Å². The number of aromatic nitrogens is 2. The van der Waals surface area contributed by atoms with Crippen LogP contribution in [0.4, 0.5) is 0 Å². The Morgan fingerprint density at radius 2 is 2.20 bits per heavy atom. The third-order valence-corrected chi connectivity index (χ3v) is 4.02. The van der Waals surface area contributed by atoms with Gasteiger partial charge in [-0.05, 0) is 38.4 Å². The maximum absolute atomic E-state index is 5.55. The van der Waals surface area contributed by atoms with Crippen LogP contribution in [0.5, 0.6) is 5.75 Å². The zero-order valence-corrected chi connectivity index (χ0v) is 13.0. The first-order valence-electron chi connectivity index (χ1n) is 6.97. The molecule has 2 aromatic rings. The highest BCUT2D eigenvalue weighted by Crippen LogP contribution is 2.29. The molecular weight excluding hydrogens is 270 g/mol. The predicted molar refractivity (Wildman–Crippen MR) is 82.4 cm³/mol. The molecule has 1 N–H and O–H groups in total. The zero-order valence-electron chi connectivity index (χ0n) is 12.2. The Labute approximate surface area is 124 Å². The third-order valence-electron chi connectivity index (χ3n) is 3.02.